The minimum atomic E-state index is -1.27. The van der Waals surface area contributed by atoms with Crippen LogP contribution in [0.5, 0.6) is 0 Å². The van der Waals surface area contributed by atoms with Crippen LogP contribution < -0.4 is 4.90 Å². The number of hydrogen-bond acceptors (Lipinski definition) is 6. The van der Waals surface area contributed by atoms with Gasteiger partial charge in [0.1, 0.15) is 11.6 Å². The number of carbonyl (C=O) groups is 3. The molecule has 8 nitrogen and oxygen atoms in total. The number of halogens is 2. The second-order valence-electron chi connectivity index (χ2n) is 9.83. The average molecular weight is 596 g/mol. The van der Waals surface area contributed by atoms with Gasteiger partial charge in [-0.3, -0.25) is 14.4 Å². The molecule has 3 fully saturated rings. The van der Waals surface area contributed by atoms with Gasteiger partial charge in [0.15, 0.2) is 0 Å². The molecule has 1 aromatic carbocycles. The molecule has 37 heavy (non-hydrogen) atoms. The minimum Gasteiger partial charge on any atom is -0.465 e. The van der Waals surface area contributed by atoms with E-state index in [1.165, 1.54) is 9.80 Å². The fraction of sp³-hybridized carbons (Fsp3) is 0.519. The van der Waals surface area contributed by atoms with Crippen LogP contribution in [0.25, 0.3) is 0 Å². The fourth-order valence-corrected chi connectivity index (χ4v) is 7.32. The van der Waals surface area contributed by atoms with Gasteiger partial charge in [-0.05, 0) is 38.3 Å². The summed E-state index contributed by atoms with van der Waals surface area (Å²) in [7, 11) is 0. The Morgan fingerprint density at radius 1 is 1.41 bits per heavy atom. The number of fused-ring (bicyclic) bond motifs is 1. The lowest BCUT2D eigenvalue weighted by atomic mass is 9.70. The van der Waals surface area contributed by atoms with Gasteiger partial charge < -0.3 is 24.4 Å². The second kappa shape index (κ2) is 10.9. The van der Waals surface area contributed by atoms with E-state index in [9.17, 15) is 19.5 Å². The zero-order chi connectivity index (χ0) is 27.1. The monoisotopic (exact) mass is 594 g/mol. The first-order valence-corrected chi connectivity index (χ1v) is 13.6. The standard InChI is InChI=1S/C27H32BrClN2O6/c1-5-7-12-36-26(35)19-20-24(33)31(16(4)14-32)23(27(20)13-17(28)22(19)37-27)25(34)30(11-6-2)21-15(3)9-8-10-18(21)29/h5-6,8-10,16-17,19-20,22-23,32H,1-2,7,11-14H2,3-4H3/t16-,17?,19+,20+,22+,23?,27?/m1/s1. The summed E-state index contributed by atoms with van der Waals surface area (Å²) in [5, 5.41) is 10.4. The van der Waals surface area contributed by atoms with Gasteiger partial charge in [-0.15, -0.1) is 13.2 Å². The number of aliphatic hydroxyl groups is 1. The van der Waals surface area contributed by atoms with Gasteiger partial charge in [-0.1, -0.05) is 51.8 Å². The summed E-state index contributed by atoms with van der Waals surface area (Å²) in [4.78, 5) is 44.3. The first-order chi connectivity index (χ1) is 17.6. The number of rotatable bonds is 10. The summed E-state index contributed by atoms with van der Waals surface area (Å²) in [5.41, 5.74) is 0.0236. The SMILES string of the molecule is C=CCCOC(=O)[C@H]1[C@H]2C(=O)N([C@H](C)CO)C(C(=O)N(CC=C)c3c(C)cccc3Cl)C23CC(Br)[C@@H]1O3. The van der Waals surface area contributed by atoms with E-state index in [0.717, 1.165) is 5.56 Å². The Bertz CT molecular complexity index is 1090. The van der Waals surface area contributed by atoms with Gasteiger partial charge in [0.2, 0.25) is 5.91 Å². The smallest absolute Gasteiger partial charge is 0.312 e. The molecule has 2 amide bonds. The number of nitrogens with zero attached hydrogens (tertiary/aromatic N) is 2. The molecule has 3 heterocycles. The van der Waals surface area contributed by atoms with Crippen molar-refractivity contribution < 1.29 is 29.0 Å². The molecule has 4 rings (SSSR count). The fourth-order valence-electron chi connectivity index (χ4n) is 6.05. The second-order valence-corrected chi connectivity index (χ2v) is 11.4. The van der Waals surface area contributed by atoms with Crippen molar-refractivity contribution in [1.29, 1.82) is 0 Å². The number of alkyl halides is 1. The topological polar surface area (TPSA) is 96.4 Å². The lowest BCUT2D eigenvalue weighted by molar-refractivity contribution is -0.155. The van der Waals surface area contributed by atoms with E-state index in [0.29, 0.717) is 23.6 Å². The van der Waals surface area contributed by atoms with Crippen LogP contribution in [0.15, 0.2) is 43.5 Å². The zero-order valence-electron chi connectivity index (χ0n) is 20.9. The van der Waals surface area contributed by atoms with Gasteiger partial charge in [-0.2, -0.15) is 0 Å². The van der Waals surface area contributed by atoms with Crippen molar-refractivity contribution in [2.24, 2.45) is 11.8 Å². The number of esters is 1. The normalized spacial score (nSPS) is 30.7. The number of likely N-dealkylation sites (tertiary alicyclic amines) is 1. The molecule has 3 saturated heterocycles. The van der Waals surface area contributed by atoms with Gasteiger partial charge in [0, 0.05) is 11.4 Å². The average Bonchev–Trinajstić information content (AvgIpc) is 3.46. The Labute approximate surface area is 230 Å². The van der Waals surface area contributed by atoms with Crippen LogP contribution >= 0.6 is 27.5 Å². The van der Waals surface area contributed by atoms with Crippen molar-refractivity contribution in [2.75, 3.05) is 24.7 Å². The van der Waals surface area contributed by atoms with Crippen LogP contribution in [0.4, 0.5) is 5.69 Å². The van der Waals surface area contributed by atoms with Gasteiger partial charge >= 0.3 is 5.97 Å². The third-order valence-corrected chi connectivity index (χ3v) is 8.72. The molecule has 0 aliphatic carbocycles. The van der Waals surface area contributed by atoms with Crippen LogP contribution in [-0.2, 0) is 23.9 Å². The molecule has 3 aliphatic rings. The number of hydrogen-bond donors (Lipinski definition) is 1. The molecule has 200 valence electrons. The highest BCUT2D eigenvalue weighted by atomic mass is 79.9. The maximum Gasteiger partial charge on any atom is 0.312 e. The predicted molar refractivity (Wildman–Crippen MR) is 144 cm³/mol. The summed E-state index contributed by atoms with van der Waals surface area (Å²) in [6.07, 6.45) is 3.44. The van der Waals surface area contributed by atoms with Crippen molar-refractivity contribution in [3.8, 4) is 0 Å². The quantitative estimate of drug-likeness (QED) is 0.193. The van der Waals surface area contributed by atoms with Crippen molar-refractivity contribution in [1.82, 2.24) is 4.90 Å². The molecule has 10 heteroatoms. The maximum absolute atomic E-state index is 14.5. The van der Waals surface area contributed by atoms with Crippen molar-refractivity contribution in [3.63, 3.8) is 0 Å². The van der Waals surface area contributed by atoms with Gasteiger partial charge in [0.05, 0.1) is 47.9 Å². The molecule has 7 atom stereocenters. The Hall–Kier alpha value is -2.20. The van der Waals surface area contributed by atoms with Crippen LogP contribution in [0.3, 0.4) is 0 Å². The molecule has 0 radical (unpaired) electrons. The number of benzene rings is 1. The molecule has 1 spiro atoms. The molecular formula is C27H32BrClN2O6. The number of aryl methyl sites for hydroxylation is 1. The van der Waals surface area contributed by atoms with E-state index in [-0.39, 0.29) is 24.6 Å². The number of carbonyl (C=O) groups excluding carboxylic acids is 3. The third-order valence-electron chi connectivity index (χ3n) is 7.57. The molecule has 0 saturated carbocycles. The molecule has 3 unspecified atom stereocenters. The van der Waals surface area contributed by atoms with Crippen LogP contribution in [0.2, 0.25) is 5.02 Å². The van der Waals surface area contributed by atoms with E-state index in [4.69, 9.17) is 21.1 Å². The molecule has 1 aromatic rings. The van der Waals surface area contributed by atoms with E-state index >= 15 is 0 Å². The van der Waals surface area contributed by atoms with Crippen LogP contribution in [0, 0.1) is 18.8 Å². The van der Waals surface area contributed by atoms with Crippen molar-refractivity contribution >= 4 is 51.0 Å². The summed E-state index contributed by atoms with van der Waals surface area (Å²) in [6.45, 7) is 10.9. The van der Waals surface area contributed by atoms with E-state index in [1.807, 2.05) is 13.0 Å². The van der Waals surface area contributed by atoms with Crippen molar-refractivity contribution in [3.05, 3.63) is 54.1 Å². The number of para-hydroxylation sites is 1. The number of ether oxygens (including phenoxy) is 2. The van der Waals surface area contributed by atoms with E-state index < -0.39 is 53.4 Å². The molecule has 1 N–H and O–H groups in total. The lowest BCUT2D eigenvalue weighted by Crippen LogP contribution is -2.59. The molecule has 0 aromatic heterocycles. The summed E-state index contributed by atoms with van der Waals surface area (Å²) < 4.78 is 11.9. The van der Waals surface area contributed by atoms with Crippen molar-refractivity contribution in [2.45, 2.75) is 55.3 Å². The summed E-state index contributed by atoms with van der Waals surface area (Å²) in [6, 6.07) is 3.57. The highest BCUT2D eigenvalue weighted by Crippen LogP contribution is 2.60. The predicted octanol–water partition coefficient (Wildman–Crippen LogP) is 3.42. The zero-order valence-corrected chi connectivity index (χ0v) is 23.3. The van der Waals surface area contributed by atoms with E-state index in [2.05, 4.69) is 29.1 Å². The Kier molecular flexibility index (Phi) is 8.19. The first kappa shape index (κ1) is 27.8. The Morgan fingerprint density at radius 3 is 2.76 bits per heavy atom. The molecular weight excluding hydrogens is 564 g/mol. The van der Waals surface area contributed by atoms with Gasteiger partial charge in [-0.25, -0.2) is 0 Å². The largest absolute Gasteiger partial charge is 0.465 e. The highest BCUT2D eigenvalue weighted by Gasteiger charge is 2.77. The Balaban J connectivity index is 1.81. The van der Waals surface area contributed by atoms with Crippen LogP contribution in [0.1, 0.15) is 25.3 Å². The molecule has 2 bridgehead atoms. The Morgan fingerprint density at radius 2 is 2.14 bits per heavy atom. The minimum absolute atomic E-state index is 0.143. The number of anilines is 1. The first-order valence-electron chi connectivity index (χ1n) is 12.3. The van der Waals surface area contributed by atoms with E-state index in [1.54, 1.807) is 31.2 Å². The number of aliphatic hydroxyl groups excluding tert-OH is 1. The lowest BCUT2D eigenvalue weighted by Gasteiger charge is -2.39. The maximum atomic E-state index is 14.5. The summed E-state index contributed by atoms with van der Waals surface area (Å²) >= 11 is 10.2. The van der Waals surface area contributed by atoms with Gasteiger partial charge in [0.25, 0.3) is 5.91 Å². The number of amides is 2. The van der Waals surface area contributed by atoms with Crippen LogP contribution in [-0.4, -0.2) is 76.2 Å². The summed E-state index contributed by atoms with van der Waals surface area (Å²) in [5.74, 6) is -3.14. The highest BCUT2D eigenvalue weighted by molar-refractivity contribution is 9.09. The molecule has 3 aliphatic heterocycles. The third kappa shape index (κ3) is 4.43.